The van der Waals surface area contributed by atoms with Crippen molar-refractivity contribution < 1.29 is 4.79 Å². The number of nitrogens with zero attached hydrogens (tertiary/aromatic N) is 1. The molecule has 0 saturated heterocycles. The van der Waals surface area contributed by atoms with E-state index in [4.69, 9.17) is 5.26 Å². The molecule has 1 saturated carbocycles. The molecule has 1 aliphatic rings. The zero-order valence-corrected chi connectivity index (χ0v) is 8.25. The van der Waals surface area contributed by atoms with Gasteiger partial charge in [-0.2, -0.15) is 5.26 Å². The summed E-state index contributed by atoms with van der Waals surface area (Å²) in [5.41, 5.74) is 0. The minimum Gasteiger partial charge on any atom is -0.299 e. The van der Waals surface area contributed by atoms with Crippen LogP contribution in [-0.2, 0) is 4.79 Å². The van der Waals surface area contributed by atoms with Crippen molar-refractivity contribution in [2.75, 3.05) is 0 Å². The summed E-state index contributed by atoms with van der Waals surface area (Å²) in [5, 5.41) is 8.36. The standard InChI is InChI=1S/C11H17NO/c1-9-4-2-5-10(8-9)11(13)6-3-7-12/h9-10H,2-6,8H2,1H3. The summed E-state index contributed by atoms with van der Waals surface area (Å²) in [6.07, 6.45) is 5.41. The molecule has 0 bridgehead atoms. The quantitative estimate of drug-likeness (QED) is 0.668. The van der Waals surface area contributed by atoms with E-state index in [0.29, 0.717) is 24.5 Å². The first kappa shape index (κ1) is 10.2. The van der Waals surface area contributed by atoms with Crippen LogP contribution in [0, 0.1) is 23.2 Å². The van der Waals surface area contributed by atoms with Crippen molar-refractivity contribution in [3.63, 3.8) is 0 Å². The van der Waals surface area contributed by atoms with Crippen molar-refractivity contribution in [1.29, 1.82) is 5.26 Å². The van der Waals surface area contributed by atoms with Gasteiger partial charge >= 0.3 is 0 Å². The van der Waals surface area contributed by atoms with Crippen molar-refractivity contribution in [2.24, 2.45) is 11.8 Å². The van der Waals surface area contributed by atoms with Gasteiger partial charge in [-0.1, -0.05) is 19.8 Å². The Morgan fingerprint density at radius 2 is 2.31 bits per heavy atom. The predicted molar refractivity (Wildman–Crippen MR) is 51.0 cm³/mol. The van der Waals surface area contributed by atoms with Gasteiger partial charge in [0.2, 0.25) is 0 Å². The van der Waals surface area contributed by atoms with Crippen LogP contribution in [0.5, 0.6) is 0 Å². The van der Waals surface area contributed by atoms with Crippen LogP contribution in [0.4, 0.5) is 0 Å². The molecule has 1 aliphatic carbocycles. The Labute approximate surface area is 79.9 Å². The Balaban J connectivity index is 2.33. The summed E-state index contributed by atoms with van der Waals surface area (Å²) in [4.78, 5) is 11.6. The van der Waals surface area contributed by atoms with Crippen LogP contribution in [0.1, 0.15) is 45.4 Å². The van der Waals surface area contributed by atoms with E-state index in [2.05, 4.69) is 6.92 Å². The van der Waals surface area contributed by atoms with Crippen molar-refractivity contribution in [3.8, 4) is 6.07 Å². The summed E-state index contributed by atoms with van der Waals surface area (Å²) in [6, 6.07) is 2.03. The molecule has 0 aromatic carbocycles. The van der Waals surface area contributed by atoms with Gasteiger partial charge in [0.25, 0.3) is 0 Å². The highest BCUT2D eigenvalue weighted by atomic mass is 16.1. The van der Waals surface area contributed by atoms with Gasteiger partial charge < -0.3 is 0 Å². The highest BCUT2D eigenvalue weighted by Crippen LogP contribution is 2.29. The molecule has 2 nitrogen and oxygen atoms in total. The Morgan fingerprint density at radius 3 is 2.92 bits per heavy atom. The normalized spacial score (nSPS) is 28.0. The summed E-state index contributed by atoms with van der Waals surface area (Å²) in [7, 11) is 0. The van der Waals surface area contributed by atoms with E-state index in [-0.39, 0.29) is 5.92 Å². The minimum absolute atomic E-state index is 0.261. The molecule has 2 atom stereocenters. The molecule has 2 unspecified atom stereocenters. The van der Waals surface area contributed by atoms with Crippen molar-refractivity contribution in [1.82, 2.24) is 0 Å². The molecule has 1 fully saturated rings. The number of Topliss-reactive ketones (excluding diaryl/α,β-unsaturated/α-hetero) is 1. The van der Waals surface area contributed by atoms with E-state index in [1.807, 2.05) is 6.07 Å². The summed E-state index contributed by atoms with van der Waals surface area (Å²) < 4.78 is 0. The summed E-state index contributed by atoms with van der Waals surface area (Å²) >= 11 is 0. The van der Waals surface area contributed by atoms with Crippen molar-refractivity contribution in [2.45, 2.75) is 45.4 Å². The van der Waals surface area contributed by atoms with Gasteiger partial charge in [-0.25, -0.2) is 0 Å². The SMILES string of the molecule is CC1CCCC(C(=O)CCC#N)C1. The number of rotatable bonds is 3. The van der Waals surface area contributed by atoms with Crippen molar-refractivity contribution in [3.05, 3.63) is 0 Å². The largest absolute Gasteiger partial charge is 0.299 e. The van der Waals surface area contributed by atoms with E-state index in [1.165, 1.54) is 12.8 Å². The number of nitriles is 1. The smallest absolute Gasteiger partial charge is 0.137 e. The van der Waals surface area contributed by atoms with Gasteiger partial charge in [0.1, 0.15) is 5.78 Å². The monoisotopic (exact) mass is 179 g/mol. The second-order valence-electron chi connectivity index (χ2n) is 4.09. The molecule has 0 radical (unpaired) electrons. The van der Waals surface area contributed by atoms with Gasteiger partial charge in [-0.15, -0.1) is 0 Å². The Bertz CT molecular complexity index is 217. The molecule has 2 heteroatoms. The maximum Gasteiger partial charge on any atom is 0.137 e. The van der Waals surface area contributed by atoms with E-state index < -0.39 is 0 Å². The van der Waals surface area contributed by atoms with Crippen molar-refractivity contribution >= 4 is 5.78 Å². The zero-order chi connectivity index (χ0) is 9.68. The molecule has 0 aromatic heterocycles. The van der Waals surface area contributed by atoms with Gasteiger partial charge in [0.05, 0.1) is 6.07 Å². The third kappa shape index (κ3) is 3.18. The molecule has 0 N–H and O–H groups in total. The van der Waals surface area contributed by atoms with Crippen LogP contribution in [0.15, 0.2) is 0 Å². The number of carbonyl (C=O) groups is 1. The second kappa shape index (κ2) is 5.01. The fourth-order valence-corrected chi connectivity index (χ4v) is 2.11. The zero-order valence-electron chi connectivity index (χ0n) is 8.25. The lowest BCUT2D eigenvalue weighted by molar-refractivity contribution is -0.124. The molecule has 13 heavy (non-hydrogen) atoms. The number of hydrogen-bond acceptors (Lipinski definition) is 2. The molecular weight excluding hydrogens is 162 g/mol. The predicted octanol–water partition coefficient (Wildman–Crippen LogP) is 2.69. The van der Waals surface area contributed by atoms with Crippen LogP contribution < -0.4 is 0 Å². The third-order valence-electron chi connectivity index (χ3n) is 2.87. The maximum atomic E-state index is 11.6. The lowest BCUT2D eigenvalue weighted by Crippen LogP contribution is -2.21. The van der Waals surface area contributed by atoms with E-state index >= 15 is 0 Å². The van der Waals surface area contributed by atoms with E-state index in [9.17, 15) is 4.79 Å². The lowest BCUT2D eigenvalue weighted by atomic mass is 9.79. The van der Waals surface area contributed by atoms with E-state index in [0.717, 1.165) is 12.8 Å². The molecule has 72 valence electrons. The average Bonchev–Trinajstić information content (AvgIpc) is 2.14. The third-order valence-corrected chi connectivity index (χ3v) is 2.87. The van der Waals surface area contributed by atoms with Gasteiger partial charge in [-0.3, -0.25) is 4.79 Å². The second-order valence-corrected chi connectivity index (χ2v) is 4.09. The molecule has 0 spiro atoms. The minimum atomic E-state index is 0.261. The molecule has 0 aromatic rings. The number of hydrogen-bond donors (Lipinski definition) is 0. The molecule has 1 rings (SSSR count). The number of ketones is 1. The van der Waals surface area contributed by atoms with Crippen LogP contribution in [0.25, 0.3) is 0 Å². The summed E-state index contributed by atoms with van der Waals surface area (Å²) in [5.74, 6) is 1.27. The Morgan fingerprint density at radius 1 is 1.54 bits per heavy atom. The highest BCUT2D eigenvalue weighted by molar-refractivity contribution is 5.81. The van der Waals surface area contributed by atoms with Crippen LogP contribution in [0.2, 0.25) is 0 Å². The maximum absolute atomic E-state index is 11.6. The van der Waals surface area contributed by atoms with Crippen LogP contribution in [-0.4, -0.2) is 5.78 Å². The Kier molecular flexibility index (Phi) is 3.95. The molecule has 0 heterocycles. The Hall–Kier alpha value is -0.840. The van der Waals surface area contributed by atoms with Gasteiger partial charge in [0.15, 0.2) is 0 Å². The first-order chi connectivity index (χ1) is 6.24. The topological polar surface area (TPSA) is 40.9 Å². The van der Waals surface area contributed by atoms with E-state index in [1.54, 1.807) is 0 Å². The van der Waals surface area contributed by atoms with Crippen LogP contribution >= 0.6 is 0 Å². The molecule has 0 amide bonds. The van der Waals surface area contributed by atoms with Gasteiger partial charge in [-0.05, 0) is 18.8 Å². The van der Waals surface area contributed by atoms with Crippen LogP contribution in [0.3, 0.4) is 0 Å². The first-order valence-corrected chi connectivity index (χ1v) is 5.13. The fraction of sp³-hybridized carbons (Fsp3) is 0.818. The average molecular weight is 179 g/mol. The van der Waals surface area contributed by atoms with Gasteiger partial charge in [0, 0.05) is 18.8 Å². The lowest BCUT2D eigenvalue weighted by Gasteiger charge is -2.25. The molecule has 0 aliphatic heterocycles. The highest BCUT2D eigenvalue weighted by Gasteiger charge is 2.24. The molecular formula is C11H17NO. The number of carbonyl (C=O) groups excluding carboxylic acids is 1. The fourth-order valence-electron chi connectivity index (χ4n) is 2.11. The summed E-state index contributed by atoms with van der Waals surface area (Å²) in [6.45, 7) is 2.21. The first-order valence-electron chi connectivity index (χ1n) is 5.13.